The second kappa shape index (κ2) is 23.2. The van der Waals surface area contributed by atoms with Crippen LogP contribution in [-0.2, 0) is 36.9 Å². The van der Waals surface area contributed by atoms with Crippen LogP contribution in [0.25, 0.3) is 0 Å². The van der Waals surface area contributed by atoms with E-state index in [0.717, 1.165) is 37.9 Å². The number of nitrogens with zero attached hydrogens (tertiary/aromatic N) is 3. The molecule has 0 saturated heterocycles. The van der Waals surface area contributed by atoms with Crippen LogP contribution >= 0.6 is 0 Å². The number of nitrogens with one attached hydrogen (secondary N) is 1. The molecule has 3 atom stereocenters. The van der Waals surface area contributed by atoms with Gasteiger partial charge < -0.3 is 35.7 Å². The minimum atomic E-state index is -0.567. The van der Waals surface area contributed by atoms with E-state index in [1.807, 2.05) is 31.6 Å². The summed E-state index contributed by atoms with van der Waals surface area (Å²) in [5.41, 5.74) is 13.0. The van der Waals surface area contributed by atoms with Crippen LogP contribution in [0.4, 0.5) is 0 Å². The number of carbonyl (C=O) groups excluding carboxylic acids is 1. The molecule has 2 saturated carbocycles. The number of amides is 1. The Balaban J connectivity index is 1.14. The van der Waals surface area contributed by atoms with Crippen LogP contribution in [0.1, 0.15) is 162 Å². The lowest BCUT2D eigenvalue weighted by Crippen LogP contribution is -2.67. The number of nitrogens with two attached hydrogens (primary N) is 2. The van der Waals surface area contributed by atoms with Crippen molar-refractivity contribution in [1.29, 1.82) is 0 Å². The van der Waals surface area contributed by atoms with E-state index < -0.39 is 11.1 Å². The summed E-state index contributed by atoms with van der Waals surface area (Å²) in [4.78, 5) is 12.7. The molecule has 11 heteroatoms. The van der Waals surface area contributed by atoms with Crippen LogP contribution in [0.3, 0.4) is 0 Å². The van der Waals surface area contributed by atoms with Gasteiger partial charge in [-0.2, -0.15) is 0 Å². The normalized spacial score (nSPS) is 26.8. The molecule has 2 aliphatic rings. The Bertz CT molecular complexity index is 1070. The zero-order chi connectivity index (χ0) is 36.9. The minimum Gasteiger partial charge on any atom is -0.379 e. The summed E-state index contributed by atoms with van der Waals surface area (Å²) < 4.78 is 24.5. The second-order valence-electron chi connectivity index (χ2n) is 16.9. The molecule has 3 unspecified atom stereocenters. The summed E-state index contributed by atoms with van der Waals surface area (Å²) in [6.45, 7) is 13.1. The zero-order valence-corrected chi connectivity index (χ0v) is 33.1. The van der Waals surface area contributed by atoms with Gasteiger partial charge in [0.05, 0.1) is 64.6 Å². The smallest absolute Gasteiger partial charge is 0.222 e. The van der Waals surface area contributed by atoms with Crippen molar-refractivity contribution in [2.75, 3.05) is 46.2 Å². The highest BCUT2D eigenvalue weighted by Crippen LogP contribution is 2.38. The van der Waals surface area contributed by atoms with E-state index in [0.29, 0.717) is 64.7 Å². The fraction of sp³-hybridized carbons (Fsp3) is 0.925. The Morgan fingerprint density at radius 3 is 1.88 bits per heavy atom. The number of hydrogen-bond donors (Lipinski definition) is 3. The molecule has 51 heavy (non-hydrogen) atoms. The van der Waals surface area contributed by atoms with Crippen LogP contribution in [0, 0.1) is 5.41 Å². The van der Waals surface area contributed by atoms with Gasteiger partial charge in [-0.25, -0.2) is 0 Å². The summed E-state index contributed by atoms with van der Waals surface area (Å²) in [5, 5.41) is 11.8. The highest BCUT2D eigenvalue weighted by molar-refractivity contribution is 5.77. The Morgan fingerprint density at radius 1 is 0.725 bits per heavy atom. The highest BCUT2D eigenvalue weighted by atomic mass is 16.6. The fourth-order valence-corrected chi connectivity index (χ4v) is 8.02. The standard InChI is InChI=1S/C40H76N6O5/c1-37(19-13-11-9-7-5-6-8-10-12-14-20-37)21-15-16-24-46-32-35(44-45-46)33-51-31-30-50-29-28-49-27-26-48-25-18-36(47)43-40(4)34-38(2,41)22-17-23-39(40,3)42/h32H,5-31,33-34,41-42H2,1-4H3,(H,43,47). The maximum Gasteiger partial charge on any atom is 0.222 e. The summed E-state index contributed by atoms with van der Waals surface area (Å²) in [6, 6.07) is 0. The van der Waals surface area contributed by atoms with Gasteiger partial charge >= 0.3 is 0 Å². The molecule has 11 nitrogen and oxygen atoms in total. The number of aryl methyl sites for hydroxylation is 1. The van der Waals surface area contributed by atoms with Gasteiger partial charge in [-0.3, -0.25) is 9.48 Å². The van der Waals surface area contributed by atoms with Crippen molar-refractivity contribution in [3.8, 4) is 0 Å². The van der Waals surface area contributed by atoms with E-state index in [-0.39, 0.29) is 17.9 Å². The lowest BCUT2D eigenvalue weighted by molar-refractivity contribution is -0.125. The maximum absolute atomic E-state index is 12.7. The number of carbonyl (C=O) groups is 1. The van der Waals surface area contributed by atoms with Crippen molar-refractivity contribution in [2.24, 2.45) is 16.9 Å². The molecule has 0 aromatic carbocycles. The van der Waals surface area contributed by atoms with E-state index in [9.17, 15) is 4.79 Å². The van der Waals surface area contributed by atoms with Crippen molar-refractivity contribution in [1.82, 2.24) is 20.3 Å². The van der Waals surface area contributed by atoms with E-state index in [1.165, 1.54) is 89.9 Å². The van der Waals surface area contributed by atoms with Gasteiger partial charge in [0.15, 0.2) is 0 Å². The van der Waals surface area contributed by atoms with Crippen LogP contribution in [-0.4, -0.2) is 83.8 Å². The Hall–Kier alpha value is -1.63. The predicted molar refractivity (Wildman–Crippen MR) is 204 cm³/mol. The molecule has 3 rings (SSSR count). The molecule has 0 bridgehead atoms. The van der Waals surface area contributed by atoms with Crippen LogP contribution in [0.2, 0.25) is 0 Å². The molecule has 5 N–H and O–H groups in total. The molecule has 1 aromatic heterocycles. The zero-order valence-electron chi connectivity index (χ0n) is 33.1. The van der Waals surface area contributed by atoms with Crippen molar-refractivity contribution in [2.45, 2.75) is 186 Å². The number of aromatic nitrogens is 3. The molecule has 2 aliphatic carbocycles. The largest absolute Gasteiger partial charge is 0.379 e. The molecular weight excluding hydrogens is 644 g/mol. The monoisotopic (exact) mass is 721 g/mol. The van der Waals surface area contributed by atoms with Crippen molar-refractivity contribution in [3.63, 3.8) is 0 Å². The molecule has 1 aromatic rings. The van der Waals surface area contributed by atoms with E-state index in [1.54, 1.807) is 0 Å². The third-order valence-electron chi connectivity index (χ3n) is 11.5. The van der Waals surface area contributed by atoms with Gasteiger partial charge in [0.25, 0.3) is 0 Å². The SMILES string of the molecule is CC1(N)CCCC(C)(N)C(C)(NC(=O)CCOCCOCCOCCOCc2cn(CCCCC3(C)CCCCCCCCCCCC3)nn2)C1. The Morgan fingerprint density at radius 2 is 1.27 bits per heavy atom. The average molecular weight is 721 g/mol. The highest BCUT2D eigenvalue weighted by Gasteiger charge is 2.48. The number of hydrogen-bond acceptors (Lipinski definition) is 9. The van der Waals surface area contributed by atoms with Gasteiger partial charge in [0, 0.05) is 24.0 Å². The minimum absolute atomic E-state index is 0.0700. The molecule has 0 spiro atoms. The first-order valence-electron chi connectivity index (χ1n) is 20.5. The summed E-state index contributed by atoms with van der Waals surface area (Å²) in [6.07, 6.45) is 26.3. The van der Waals surface area contributed by atoms with E-state index >= 15 is 0 Å². The molecule has 2 fully saturated rings. The molecular formula is C40H76N6O5. The van der Waals surface area contributed by atoms with Crippen molar-refractivity contribution >= 4 is 5.91 Å². The lowest BCUT2D eigenvalue weighted by atomic mass is 9.73. The maximum atomic E-state index is 12.7. The second-order valence-corrected chi connectivity index (χ2v) is 16.9. The Kier molecular flexibility index (Phi) is 19.9. The van der Waals surface area contributed by atoms with Gasteiger partial charge in [-0.1, -0.05) is 82.8 Å². The van der Waals surface area contributed by atoms with Gasteiger partial charge in [0.2, 0.25) is 5.91 Å². The molecule has 1 amide bonds. The molecule has 296 valence electrons. The third-order valence-corrected chi connectivity index (χ3v) is 11.5. The summed E-state index contributed by atoms with van der Waals surface area (Å²) in [7, 11) is 0. The fourth-order valence-electron chi connectivity index (χ4n) is 8.02. The first-order chi connectivity index (χ1) is 24.4. The van der Waals surface area contributed by atoms with Crippen LogP contribution in [0.15, 0.2) is 6.20 Å². The topological polar surface area (TPSA) is 149 Å². The van der Waals surface area contributed by atoms with Gasteiger partial charge in [-0.05, 0) is 77.6 Å². The third kappa shape index (κ3) is 17.8. The van der Waals surface area contributed by atoms with E-state index in [4.69, 9.17) is 30.4 Å². The van der Waals surface area contributed by atoms with Crippen LogP contribution < -0.4 is 16.8 Å². The van der Waals surface area contributed by atoms with Crippen molar-refractivity contribution < 1.29 is 23.7 Å². The first kappa shape index (κ1) is 43.8. The quantitative estimate of drug-likeness (QED) is 0.0957. The van der Waals surface area contributed by atoms with Gasteiger partial charge in [-0.15, -0.1) is 5.10 Å². The lowest BCUT2D eigenvalue weighted by Gasteiger charge is -2.46. The first-order valence-corrected chi connectivity index (χ1v) is 20.5. The predicted octanol–water partition coefficient (Wildman–Crippen LogP) is 6.99. The molecule has 1 heterocycles. The summed E-state index contributed by atoms with van der Waals surface area (Å²) >= 11 is 0. The number of rotatable bonds is 20. The number of unbranched alkanes of at least 4 members (excludes halogenated alkanes) is 1. The number of ether oxygens (including phenoxy) is 4. The van der Waals surface area contributed by atoms with Gasteiger partial charge in [0.1, 0.15) is 5.69 Å². The van der Waals surface area contributed by atoms with Crippen LogP contribution in [0.5, 0.6) is 0 Å². The molecule has 0 radical (unpaired) electrons. The van der Waals surface area contributed by atoms with E-state index in [2.05, 4.69) is 22.6 Å². The summed E-state index contributed by atoms with van der Waals surface area (Å²) in [5.74, 6) is -0.0700. The Labute approximate surface area is 310 Å². The average Bonchev–Trinajstić information content (AvgIpc) is 3.50. The van der Waals surface area contributed by atoms with Crippen molar-refractivity contribution in [3.05, 3.63) is 11.9 Å². The molecule has 0 aliphatic heterocycles.